The van der Waals surface area contributed by atoms with Gasteiger partial charge in [0.05, 0.1) is 0 Å². The van der Waals surface area contributed by atoms with Gasteiger partial charge in [0.15, 0.2) is 0 Å². The first-order valence-corrected chi connectivity index (χ1v) is 11.2. The Kier molecular flexibility index (Phi) is 5.98. The lowest BCUT2D eigenvalue weighted by atomic mass is 10.0. The van der Waals surface area contributed by atoms with Crippen molar-refractivity contribution in [1.29, 1.82) is 0 Å². The highest BCUT2D eigenvalue weighted by molar-refractivity contribution is 5.83. The van der Waals surface area contributed by atoms with Gasteiger partial charge in [-0.25, -0.2) is 0 Å². The normalized spacial score (nSPS) is 11.0. The maximum atomic E-state index is 4.52. The van der Waals surface area contributed by atoms with E-state index in [2.05, 4.69) is 100 Å². The fourth-order valence-corrected chi connectivity index (χ4v) is 4.20. The van der Waals surface area contributed by atoms with E-state index in [1.807, 2.05) is 18.3 Å². The molecule has 5 rings (SSSR count). The SMILES string of the molecule is c1ccc(Cc2cc(Nc3ccc(CCCc4c[nH]c5ccccc45)cc3)ccn2)cc1. The van der Waals surface area contributed by atoms with E-state index in [4.69, 9.17) is 0 Å². The summed E-state index contributed by atoms with van der Waals surface area (Å²) < 4.78 is 0. The molecule has 2 heterocycles. The summed E-state index contributed by atoms with van der Waals surface area (Å²) in [6, 6.07) is 31.9. The smallest absolute Gasteiger partial charge is 0.0468 e. The number of aromatic nitrogens is 2. The van der Waals surface area contributed by atoms with Crippen molar-refractivity contribution >= 4 is 22.3 Å². The molecular weight excluding hydrogens is 390 g/mol. The molecule has 0 saturated heterocycles. The minimum absolute atomic E-state index is 0.839. The number of benzene rings is 3. The van der Waals surface area contributed by atoms with Gasteiger partial charge >= 0.3 is 0 Å². The molecule has 32 heavy (non-hydrogen) atoms. The molecule has 3 heteroatoms. The van der Waals surface area contributed by atoms with E-state index in [1.54, 1.807) is 0 Å². The molecule has 0 aliphatic carbocycles. The number of aromatic amines is 1. The summed E-state index contributed by atoms with van der Waals surface area (Å²) in [5, 5.41) is 4.86. The molecule has 3 aromatic carbocycles. The van der Waals surface area contributed by atoms with Crippen LogP contribution in [-0.2, 0) is 19.3 Å². The van der Waals surface area contributed by atoms with Gasteiger partial charge in [-0.05, 0) is 66.3 Å². The van der Waals surface area contributed by atoms with Crippen molar-refractivity contribution in [2.45, 2.75) is 25.7 Å². The van der Waals surface area contributed by atoms with Gasteiger partial charge in [-0.3, -0.25) is 4.98 Å². The number of rotatable bonds is 8. The van der Waals surface area contributed by atoms with E-state index in [-0.39, 0.29) is 0 Å². The number of aryl methyl sites for hydroxylation is 2. The Bertz CT molecular complexity index is 1290. The highest BCUT2D eigenvalue weighted by atomic mass is 14.9. The number of hydrogen-bond acceptors (Lipinski definition) is 2. The van der Waals surface area contributed by atoms with E-state index in [1.165, 1.54) is 27.6 Å². The van der Waals surface area contributed by atoms with Crippen LogP contribution in [0.15, 0.2) is 103 Å². The van der Waals surface area contributed by atoms with Gasteiger partial charge in [0.2, 0.25) is 0 Å². The Labute approximate surface area is 189 Å². The molecule has 5 aromatic rings. The van der Waals surface area contributed by atoms with Crippen LogP contribution in [0.1, 0.15) is 28.8 Å². The molecule has 0 amide bonds. The monoisotopic (exact) mass is 417 g/mol. The van der Waals surface area contributed by atoms with Crippen molar-refractivity contribution in [3.63, 3.8) is 0 Å². The van der Waals surface area contributed by atoms with Crippen LogP contribution in [0.25, 0.3) is 10.9 Å². The Hall–Kier alpha value is -3.85. The summed E-state index contributed by atoms with van der Waals surface area (Å²) in [4.78, 5) is 7.89. The zero-order chi connectivity index (χ0) is 21.6. The maximum absolute atomic E-state index is 4.52. The summed E-state index contributed by atoms with van der Waals surface area (Å²) in [5.41, 5.74) is 8.50. The molecule has 0 fully saturated rings. The van der Waals surface area contributed by atoms with Crippen molar-refractivity contribution < 1.29 is 0 Å². The van der Waals surface area contributed by atoms with Gasteiger partial charge in [0, 0.05) is 46.8 Å². The quantitative estimate of drug-likeness (QED) is 0.283. The van der Waals surface area contributed by atoms with Crippen LogP contribution in [0, 0.1) is 0 Å². The number of para-hydroxylation sites is 1. The average molecular weight is 418 g/mol. The molecule has 158 valence electrons. The summed E-state index contributed by atoms with van der Waals surface area (Å²) in [6.07, 6.45) is 8.17. The second-order valence-corrected chi connectivity index (χ2v) is 8.23. The lowest BCUT2D eigenvalue weighted by Gasteiger charge is -2.09. The number of pyridine rings is 1. The number of fused-ring (bicyclic) bond motifs is 1. The topological polar surface area (TPSA) is 40.7 Å². The average Bonchev–Trinajstić information content (AvgIpc) is 3.24. The van der Waals surface area contributed by atoms with E-state index in [0.29, 0.717) is 0 Å². The third-order valence-electron chi connectivity index (χ3n) is 5.87. The fourth-order valence-electron chi connectivity index (χ4n) is 4.20. The van der Waals surface area contributed by atoms with Crippen molar-refractivity contribution in [3.8, 4) is 0 Å². The lowest BCUT2D eigenvalue weighted by Crippen LogP contribution is -1.96. The van der Waals surface area contributed by atoms with Crippen LogP contribution in [0.3, 0.4) is 0 Å². The molecule has 0 saturated carbocycles. The maximum Gasteiger partial charge on any atom is 0.0468 e. The summed E-state index contributed by atoms with van der Waals surface area (Å²) in [7, 11) is 0. The second kappa shape index (κ2) is 9.52. The first-order valence-electron chi connectivity index (χ1n) is 11.2. The first-order chi connectivity index (χ1) is 15.8. The molecular formula is C29H27N3. The molecule has 0 atom stereocenters. The van der Waals surface area contributed by atoms with Gasteiger partial charge in [-0.15, -0.1) is 0 Å². The molecule has 0 aliphatic heterocycles. The number of hydrogen-bond donors (Lipinski definition) is 2. The second-order valence-electron chi connectivity index (χ2n) is 8.23. The molecule has 2 N–H and O–H groups in total. The van der Waals surface area contributed by atoms with Crippen LogP contribution < -0.4 is 5.32 Å². The van der Waals surface area contributed by atoms with Crippen molar-refractivity contribution in [2.24, 2.45) is 0 Å². The summed E-state index contributed by atoms with van der Waals surface area (Å²) >= 11 is 0. The molecule has 0 radical (unpaired) electrons. The van der Waals surface area contributed by atoms with Crippen LogP contribution in [0.4, 0.5) is 11.4 Å². The zero-order valence-electron chi connectivity index (χ0n) is 18.1. The highest BCUT2D eigenvalue weighted by Crippen LogP contribution is 2.21. The number of H-pyrrole nitrogens is 1. The van der Waals surface area contributed by atoms with Crippen LogP contribution in [0.2, 0.25) is 0 Å². The zero-order valence-corrected chi connectivity index (χ0v) is 18.1. The van der Waals surface area contributed by atoms with Gasteiger partial charge in [-0.2, -0.15) is 0 Å². The lowest BCUT2D eigenvalue weighted by molar-refractivity contribution is 0.825. The Morgan fingerprint density at radius 2 is 1.53 bits per heavy atom. The Morgan fingerprint density at radius 3 is 2.41 bits per heavy atom. The van der Waals surface area contributed by atoms with Crippen LogP contribution in [0.5, 0.6) is 0 Å². The number of nitrogens with zero attached hydrogens (tertiary/aromatic N) is 1. The first kappa shape index (κ1) is 20.1. The predicted molar refractivity (Wildman–Crippen MR) is 134 cm³/mol. The minimum Gasteiger partial charge on any atom is -0.361 e. The predicted octanol–water partition coefficient (Wildman–Crippen LogP) is 7.07. The third-order valence-corrected chi connectivity index (χ3v) is 5.87. The molecule has 0 unspecified atom stereocenters. The Balaban J connectivity index is 1.17. The summed E-state index contributed by atoms with van der Waals surface area (Å²) in [6.45, 7) is 0. The van der Waals surface area contributed by atoms with Crippen LogP contribution >= 0.6 is 0 Å². The van der Waals surface area contributed by atoms with E-state index in [9.17, 15) is 0 Å². The highest BCUT2D eigenvalue weighted by Gasteiger charge is 2.04. The van der Waals surface area contributed by atoms with Gasteiger partial charge in [-0.1, -0.05) is 60.7 Å². The summed E-state index contributed by atoms with van der Waals surface area (Å²) in [5.74, 6) is 0. The molecule has 0 aliphatic rings. The molecule has 2 aromatic heterocycles. The number of nitrogens with one attached hydrogen (secondary N) is 2. The largest absolute Gasteiger partial charge is 0.361 e. The Morgan fingerprint density at radius 1 is 0.719 bits per heavy atom. The molecule has 0 bridgehead atoms. The van der Waals surface area contributed by atoms with Crippen molar-refractivity contribution in [1.82, 2.24) is 9.97 Å². The van der Waals surface area contributed by atoms with Gasteiger partial charge in [0.1, 0.15) is 0 Å². The van der Waals surface area contributed by atoms with Crippen molar-refractivity contribution in [2.75, 3.05) is 5.32 Å². The van der Waals surface area contributed by atoms with Crippen molar-refractivity contribution in [3.05, 3.63) is 126 Å². The molecule has 0 spiro atoms. The van der Waals surface area contributed by atoms with Gasteiger partial charge in [0.25, 0.3) is 0 Å². The molecule has 3 nitrogen and oxygen atoms in total. The fraction of sp³-hybridized carbons (Fsp3) is 0.138. The minimum atomic E-state index is 0.839. The standard InChI is InChI=1S/C29H27N3/c1-2-7-23(8-3-1)19-27-20-26(17-18-30-27)32-25-15-13-22(14-16-25)9-6-10-24-21-31-29-12-5-4-11-28(24)29/h1-5,7-8,11-18,20-21,31H,6,9-10,19H2,(H,30,32). The van der Waals surface area contributed by atoms with Crippen LogP contribution in [-0.4, -0.2) is 9.97 Å². The van der Waals surface area contributed by atoms with E-state index >= 15 is 0 Å². The third kappa shape index (κ3) is 4.89. The number of anilines is 2. The van der Waals surface area contributed by atoms with Gasteiger partial charge < -0.3 is 10.3 Å². The van der Waals surface area contributed by atoms with E-state index in [0.717, 1.165) is 42.8 Å². The van der Waals surface area contributed by atoms with E-state index < -0.39 is 0 Å².